The van der Waals surface area contributed by atoms with Gasteiger partial charge in [-0.1, -0.05) is 30.3 Å². The Hall–Kier alpha value is -0.820. The Morgan fingerprint density at radius 2 is 1.73 bits per heavy atom. The molecule has 1 heteroatoms. The molecule has 1 nitrogen and oxygen atoms in total. The summed E-state index contributed by atoms with van der Waals surface area (Å²) in [6.07, 6.45) is 5.32. The molecule has 1 fully saturated rings. The van der Waals surface area contributed by atoms with Gasteiger partial charge in [-0.3, -0.25) is 0 Å². The van der Waals surface area contributed by atoms with E-state index in [-0.39, 0.29) is 0 Å². The first-order valence-corrected chi connectivity index (χ1v) is 5.94. The van der Waals surface area contributed by atoms with Gasteiger partial charge in [-0.2, -0.15) is 0 Å². The van der Waals surface area contributed by atoms with Crippen LogP contribution in [0.25, 0.3) is 0 Å². The Labute approximate surface area is 92.5 Å². The minimum atomic E-state index is 0.791. The van der Waals surface area contributed by atoms with Gasteiger partial charge in [-0.25, -0.2) is 0 Å². The third kappa shape index (κ3) is 2.82. The number of benzene rings is 1. The molecule has 0 heterocycles. The Balaban J connectivity index is 1.88. The molecule has 0 saturated heterocycles. The second-order valence-corrected chi connectivity index (χ2v) is 4.58. The predicted molar refractivity (Wildman–Crippen MR) is 63.0 cm³/mol. The van der Waals surface area contributed by atoms with Crippen LogP contribution in [0.5, 0.6) is 0 Å². The Bertz CT molecular complexity index is 273. The minimum Gasteiger partial charge on any atom is -0.384 e. The minimum absolute atomic E-state index is 0.791. The Kier molecular flexibility index (Phi) is 3.79. The fourth-order valence-electron chi connectivity index (χ4n) is 2.62. The fraction of sp³-hybridized carbons (Fsp3) is 0.571. The average molecular weight is 204 g/mol. The molecule has 0 N–H and O–H groups in total. The van der Waals surface area contributed by atoms with E-state index >= 15 is 0 Å². The number of methoxy groups -OCH3 is 1. The summed E-state index contributed by atoms with van der Waals surface area (Å²) in [6, 6.07) is 10.9. The van der Waals surface area contributed by atoms with Crippen molar-refractivity contribution >= 4 is 0 Å². The molecular formula is C14H20O. The van der Waals surface area contributed by atoms with Crippen LogP contribution in [-0.4, -0.2) is 13.7 Å². The standard InChI is InChI=1S/C14H20O/c1-15-11-12-7-9-14(10-8-12)13-5-3-2-4-6-13/h2-6,12,14H,7-11H2,1H3. The van der Waals surface area contributed by atoms with E-state index in [4.69, 9.17) is 4.74 Å². The second kappa shape index (κ2) is 5.32. The first-order chi connectivity index (χ1) is 7.40. The van der Waals surface area contributed by atoms with Gasteiger partial charge >= 0.3 is 0 Å². The average Bonchev–Trinajstić information content (AvgIpc) is 2.32. The number of ether oxygens (including phenoxy) is 1. The van der Waals surface area contributed by atoms with Crippen molar-refractivity contribution in [3.63, 3.8) is 0 Å². The molecule has 0 radical (unpaired) electrons. The van der Waals surface area contributed by atoms with E-state index in [0.717, 1.165) is 18.4 Å². The summed E-state index contributed by atoms with van der Waals surface area (Å²) in [7, 11) is 1.81. The molecule has 0 atom stereocenters. The molecule has 0 unspecified atom stereocenters. The first-order valence-electron chi connectivity index (χ1n) is 5.94. The van der Waals surface area contributed by atoms with E-state index in [1.54, 1.807) is 0 Å². The molecular weight excluding hydrogens is 184 g/mol. The SMILES string of the molecule is COCC1CCC(c2ccccc2)CC1. The third-order valence-corrected chi connectivity index (χ3v) is 3.52. The van der Waals surface area contributed by atoms with Crippen molar-refractivity contribution in [2.75, 3.05) is 13.7 Å². The highest BCUT2D eigenvalue weighted by Crippen LogP contribution is 2.35. The summed E-state index contributed by atoms with van der Waals surface area (Å²) in [6.45, 7) is 0.946. The molecule has 15 heavy (non-hydrogen) atoms. The van der Waals surface area contributed by atoms with Crippen molar-refractivity contribution in [2.24, 2.45) is 5.92 Å². The quantitative estimate of drug-likeness (QED) is 0.731. The number of hydrogen-bond donors (Lipinski definition) is 0. The summed E-state index contributed by atoms with van der Waals surface area (Å²) >= 11 is 0. The maximum Gasteiger partial charge on any atom is 0.0490 e. The van der Waals surface area contributed by atoms with Crippen LogP contribution in [0, 0.1) is 5.92 Å². The Morgan fingerprint density at radius 1 is 1.07 bits per heavy atom. The van der Waals surface area contributed by atoms with E-state index in [2.05, 4.69) is 30.3 Å². The van der Waals surface area contributed by atoms with Crippen molar-refractivity contribution in [2.45, 2.75) is 31.6 Å². The number of hydrogen-bond acceptors (Lipinski definition) is 1. The smallest absolute Gasteiger partial charge is 0.0490 e. The molecule has 2 rings (SSSR count). The molecule has 1 saturated carbocycles. The molecule has 1 aromatic rings. The predicted octanol–water partition coefficient (Wildman–Crippen LogP) is 3.61. The van der Waals surface area contributed by atoms with Gasteiger partial charge in [0.2, 0.25) is 0 Å². The second-order valence-electron chi connectivity index (χ2n) is 4.58. The maximum atomic E-state index is 5.22. The third-order valence-electron chi connectivity index (χ3n) is 3.52. The van der Waals surface area contributed by atoms with Crippen molar-refractivity contribution in [3.05, 3.63) is 35.9 Å². The van der Waals surface area contributed by atoms with Gasteiger partial charge in [0, 0.05) is 13.7 Å². The van der Waals surface area contributed by atoms with E-state index < -0.39 is 0 Å². The largest absolute Gasteiger partial charge is 0.384 e. The van der Waals surface area contributed by atoms with Crippen molar-refractivity contribution in [1.82, 2.24) is 0 Å². The van der Waals surface area contributed by atoms with Crippen LogP contribution in [0.15, 0.2) is 30.3 Å². The lowest BCUT2D eigenvalue weighted by molar-refractivity contribution is 0.127. The van der Waals surface area contributed by atoms with Crippen LogP contribution < -0.4 is 0 Å². The summed E-state index contributed by atoms with van der Waals surface area (Å²) in [4.78, 5) is 0. The topological polar surface area (TPSA) is 9.23 Å². The lowest BCUT2D eigenvalue weighted by Crippen LogP contribution is -2.17. The summed E-state index contributed by atoms with van der Waals surface area (Å²) in [5.41, 5.74) is 1.52. The van der Waals surface area contributed by atoms with E-state index in [1.807, 2.05) is 7.11 Å². The molecule has 1 aliphatic rings. The zero-order valence-electron chi connectivity index (χ0n) is 9.49. The van der Waals surface area contributed by atoms with Crippen LogP contribution in [0.1, 0.15) is 37.2 Å². The first kappa shape index (κ1) is 10.7. The van der Waals surface area contributed by atoms with Gasteiger partial charge in [0.25, 0.3) is 0 Å². The van der Waals surface area contributed by atoms with E-state index in [1.165, 1.54) is 31.2 Å². The van der Waals surface area contributed by atoms with Crippen molar-refractivity contribution < 1.29 is 4.74 Å². The normalized spacial score (nSPS) is 26.5. The van der Waals surface area contributed by atoms with Gasteiger partial charge in [0.05, 0.1) is 0 Å². The van der Waals surface area contributed by atoms with Gasteiger partial charge in [0.15, 0.2) is 0 Å². The van der Waals surface area contributed by atoms with E-state index in [0.29, 0.717) is 0 Å². The van der Waals surface area contributed by atoms with Crippen LogP contribution in [-0.2, 0) is 4.74 Å². The molecule has 82 valence electrons. The molecule has 1 aromatic carbocycles. The van der Waals surface area contributed by atoms with Crippen LogP contribution in [0.2, 0.25) is 0 Å². The van der Waals surface area contributed by atoms with Gasteiger partial charge in [-0.05, 0) is 43.1 Å². The van der Waals surface area contributed by atoms with Gasteiger partial charge < -0.3 is 4.74 Å². The van der Waals surface area contributed by atoms with Crippen LogP contribution in [0.3, 0.4) is 0 Å². The van der Waals surface area contributed by atoms with Gasteiger partial charge in [0.1, 0.15) is 0 Å². The molecule has 0 amide bonds. The fourth-order valence-corrected chi connectivity index (χ4v) is 2.62. The lowest BCUT2D eigenvalue weighted by Gasteiger charge is -2.28. The molecule has 0 spiro atoms. The maximum absolute atomic E-state index is 5.22. The van der Waals surface area contributed by atoms with Crippen LogP contribution in [0.4, 0.5) is 0 Å². The summed E-state index contributed by atoms with van der Waals surface area (Å²) in [5, 5.41) is 0. The van der Waals surface area contributed by atoms with Crippen LogP contribution >= 0.6 is 0 Å². The monoisotopic (exact) mass is 204 g/mol. The summed E-state index contributed by atoms with van der Waals surface area (Å²) in [5.74, 6) is 1.59. The van der Waals surface area contributed by atoms with Crippen molar-refractivity contribution in [3.8, 4) is 0 Å². The molecule has 1 aliphatic carbocycles. The zero-order chi connectivity index (χ0) is 10.5. The highest BCUT2D eigenvalue weighted by atomic mass is 16.5. The molecule has 0 aliphatic heterocycles. The zero-order valence-corrected chi connectivity index (χ0v) is 9.49. The highest BCUT2D eigenvalue weighted by Gasteiger charge is 2.21. The molecule has 0 bridgehead atoms. The van der Waals surface area contributed by atoms with E-state index in [9.17, 15) is 0 Å². The highest BCUT2D eigenvalue weighted by molar-refractivity contribution is 5.19. The van der Waals surface area contributed by atoms with Gasteiger partial charge in [-0.15, -0.1) is 0 Å². The lowest BCUT2D eigenvalue weighted by atomic mass is 9.79. The van der Waals surface area contributed by atoms with Crippen molar-refractivity contribution in [1.29, 1.82) is 0 Å². The number of rotatable bonds is 3. The summed E-state index contributed by atoms with van der Waals surface area (Å²) < 4.78 is 5.22. The molecule has 0 aromatic heterocycles. The Morgan fingerprint density at radius 3 is 2.33 bits per heavy atom.